The van der Waals surface area contributed by atoms with Gasteiger partial charge in [-0.1, -0.05) is 63.2 Å². The van der Waals surface area contributed by atoms with Crippen LogP contribution in [0.4, 0.5) is 0 Å². The first-order valence-corrected chi connectivity index (χ1v) is 11.0. The molecule has 2 heterocycles. The number of benzene rings is 2. The van der Waals surface area contributed by atoms with Gasteiger partial charge in [0, 0.05) is 22.8 Å². The Kier molecular flexibility index (Phi) is 6.22. The quantitative estimate of drug-likeness (QED) is 0.290. The molecule has 0 aliphatic rings. The van der Waals surface area contributed by atoms with E-state index in [2.05, 4.69) is 69.4 Å². The summed E-state index contributed by atoms with van der Waals surface area (Å²) >= 11 is 0. The number of hydrogen-bond donors (Lipinski definition) is 0. The van der Waals surface area contributed by atoms with Crippen molar-refractivity contribution in [2.45, 2.75) is 46.1 Å². The van der Waals surface area contributed by atoms with Gasteiger partial charge in [-0.25, -0.2) is 0 Å². The number of rotatable bonds is 8. The maximum atomic E-state index is 12.2. The van der Waals surface area contributed by atoms with Crippen LogP contribution in [-0.2, 0) is 13.0 Å². The fraction of sp³-hybridized carbons (Fsp3) is 0.250. The fourth-order valence-electron chi connectivity index (χ4n) is 3.94. The number of carbonyl (C=O) groups is 1. The molecule has 0 saturated carbocycles. The van der Waals surface area contributed by atoms with Gasteiger partial charge in [0.25, 0.3) is 0 Å². The van der Waals surface area contributed by atoms with Gasteiger partial charge in [0.1, 0.15) is 12.4 Å². The SMILES string of the molecule is CCc1ccc2cc(-c3cc(C(C)CC)ccc3OCc3ccccc3)c(C=O)n2c1. The van der Waals surface area contributed by atoms with E-state index in [0.717, 1.165) is 47.1 Å². The molecule has 0 saturated heterocycles. The summed E-state index contributed by atoms with van der Waals surface area (Å²) in [4.78, 5) is 12.2. The summed E-state index contributed by atoms with van der Waals surface area (Å²) in [6, 6.07) is 22.8. The Morgan fingerprint density at radius 1 is 0.935 bits per heavy atom. The number of aldehydes is 1. The number of aromatic nitrogens is 1. The lowest BCUT2D eigenvalue weighted by molar-refractivity contribution is 0.111. The summed E-state index contributed by atoms with van der Waals surface area (Å²) in [6.07, 6.45) is 5.00. The van der Waals surface area contributed by atoms with Crippen molar-refractivity contribution in [3.8, 4) is 16.9 Å². The van der Waals surface area contributed by atoms with Gasteiger partial charge >= 0.3 is 0 Å². The number of pyridine rings is 1. The molecule has 0 aliphatic heterocycles. The minimum absolute atomic E-state index is 0.435. The average molecular weight is 412 g/mol. The minimum Gasteiger partial charge on any atom is -0.488 e. The lowest BCUT2D eigenvalue weighted by Gasteiger charge is -2.16. The van der Waals surface area contributed by atoms with E-state index in [4.69, 9.17) is 4.74 Å². The minimum atomic E-state index is 0.435. The highest BCUT2D eigenvalue weighted by Gasteiger charge is 2.18. The maximum Gasteiger partial charge on any atom is 0.167 e. The van der Waals surface area contributed by atoms with Crippen LogP contribution in [0.2, 0.25) is 0 Å². The number of aryl methyl sites for hydroxylation is 1. The van der Waals surface area contributed by atoms with E-state index in [9.17, 15) is 4.79 Å². The van der Waals surface area contributed by atoms with Crippen molar-refractivity contribution in [2.75, 3.05) is 0 Å². The van der Waals surface area contributed by atoms with Crippen molar-refractivity contribution < 1.29 is 9.53 Å². The molecule has 1 atom stereocenters. The molecule has 0 fully saturated rings. The molecule has 0 N–H and O–H groups in total. The van der Waals surface area contributed by atoms with Crippen molar-refractivity contribution in [1.29, 1.82) is 0 Å². The number of nitrogens with zero attached hydrogens (tertiary/aromatic N) is 1. The van der Waals surface area contributed by atoms with Crippen LogP contribution in [0.1, 0.15) is 60.3 Å². The zero-order chi connectivity index (χ0) is 21.8. The van der Waals surface area contributed by atoms with Crippen molar-refractivity contribution in [1.82, 2.24) is 4.40 Å². The molecule has 0 aliphatic carbocycles. The predicted octanol–water partition coefficient (Wildman–Crippen LogP) is 7.07. The Morgan fingerprint density at radius 2 is 1.74 bits per heavy atom. The van der Waals surface area contributed by atoms with Crippen LogP contribution in [0.25, 0.3) is 16.6 Å². The van der Waals surface area contributed by atoms with Crippen LogP contribution in [0, 0.1) is 0 Å². The van der Waals surface area contributed by atoms with Crippen molar-refractivity contribution in [3.63, 3.8) is 0 Å². The van der Waals surface area contributed by atoms with Gasteiger partial charge in [0.15, 0.2) is 6.29 Å². The molecule has 0 spiro atoms. The second-order valence-electron chi connectivity index (χ2n) is 8.09. The van der Waals surface area contributed by atoms with Gasteiger partial charge in [-0.3, -0.25) is 4.79 Å². The Bertz CT molecular complexity index is 1190. The topological polar surface area (TPSA) is 30.7 Å². The van der Waals surface area contributed by atoms with Crippen LogP contribution in [0.5, 0.6) is 5.75 Å². The second-order valence-corrected chi connectivity index (χ2v) is 8.09. The molecule has 4 aromatic rings. The van der Waals surface area contributed by atoms with E-state index in [1.165, 1.54) is 11.1 Å². The molecule has 1 unspecified atom stereocenters. The van der Waals surface area contributed by atoms with Crippen LogP contribution in [0.15, 0.2) is 72.9 Å². The van der Waals surface area contributed by atoms with Crippen LogP contribution in [-0.4, -0.2) is 10.7 Å². The average Bonchev–Trinajstić information content (AvgIpc) is 3.20. The third kappa shape index (κ3) is 4.27. The lowest BCUT2D eigenvalue weighted by atomic mass is 9.94. The summed E-state index contributed by atoms with van der Waals surface area (Å²) in [7, 11) is 0. The molecule has 4 rings (SSSR count). The Labute approximate surface area is 184 Å². The predicted molar refractivity (Wildman–Crippen MR) is 127 cm³/mol. The standard InChI is InChI=1S/C28H29NO2/c1-4-20(3)23-12-14-28(31-19-22-9-7-6-8-10-22)26(15-23)25-16-24-13-11-21(5-2)17-29(24)27(25)18-30/h6-18,20H,4-5,19H2,1-3H3. The highest BCUT2D eigenvalue weighted by atomic mass is 16.5. The number of carbonyl (C=O) groups excluding carboxylic acids is 1. The Balaban J connectivity index is 1.83. The van der Waals surface area contributed by atoms with Crippen molar-refractivity contribution in [3.05, 3.63) is 95.3 Å². The summed E-state index contributed by atoms with van der Waals surface area (Å²) in [6.45, 7) is 7.03. The van der Waals surface area contributed by atoms with Crippen molar-refractivity contribution in [2.24, 2.45) is 0 Å². The zero-order valence-electron chi connectivity index (χ0n) is 18.5. The molecule has 31 heavy (non-hydrogen) atoms. The van der Waals surface area contributed by atoms with Gasteiger partial charge in [0.05, 0.1) is 5.69 Å². The van der Waals surface area contributed by atoms with Gasteiger partial charge in [-0.05, 0) is 59.7 Å². The normalized spacial score (nSPS) is 12.1. The van der Waals surface area contributed by atoms with E-state index >= 15 is 0 Å². The monoisotopic (exact) mass is 411 g/mol. The Morgan fingerprint density at radius 3 is 2.45 bits per heavy atom. The summed E-state index contributed by atoms with van der Waals surface area (Å²) in [5, 5.41) is 0. The molecule has 0 amide bonds. The molecule has 158 valence electrons. The number of ether oxygens (including phenoxy) is 1. The largest absolute Gasteiger partial charge is 0.488 e. The molecule has 3 heteroatoms. The molecule has 2 aromatic carbocycles. The van der Waals surface area contributed by atoms with E-state index in [0.29, 0.717) is 18.2 Å². The van der Waals surface area contributed by atoms with Gasteiger partial charge in [-0.2, -0.15) is 0 Å². The van der Waals surface area contributed by atoms with E-state index < -0.39 is 0 Å². The maximum absolute atomic E-state index is 12.2. The first kappa shape index (κ1) is 20.9. The van der Waals surface area contributed by atoms with Gasteiger partial charge < -0.3 is 9.14 Å². The summed E-state index contributed by atoms with van der Waals surface area (Å²) in [5.74, 6) is 1.23. The smallest absolute Gasteiger partial charge is 0.167 e. The van der Waals surface area contributed by atoms with Gasteiger partial charge in [-0.15, -0.1) is 0 Å². The summed E-state index contributed by atoms with van der Waals surface area (Å²) in [5.41, 5.74) is 7.13. The number of hydrogen-bond acceptors (Lipinski definition) is 2. The second kappa shape index (κ2) is 9.22. The molecule has 3 nitrogen and oxygen atoms in total. The van der Waals surface area contributed by atoms with E-state index in [1.54, 1.807) is 0 Å². The zero-order valence-corrected chi connectivity index (χ0v) is 18.5. The first-order chi connectivity index (χ1) is 15.1. The molecule has 2 aromatic heterocycles. The highest BCUT2D eigenvalue weighted by Crippen LogP contribution is 2.37. The number of fused-ring (bicyclic) bond motifs is 1. The van der Waals surface area contributed by atoms with Gasteiger partial charge in [0.2, 0.25) is 0 Å². The Hall–Kier alpha value is -3.33. The fourth-order valence-corrected chi connectivity index (χ4v) is 3.94. The lowest BCUT2D eigenvalue weighted by Crippen LogP contribution is -2.00. The molecule has 0 bridgehead atoms. The highest BCUT2D eigenvalue weighted by molar-refractivity contribution is 5.91. The molecular formula is C28H29NO2. The third-order valence-corrected chi connectivity index (χ3v) is 6.10. The van der Waals surface area contributed by atoms with Crippen LogP contribution >= 0.6 is 0 Å². The molecule has 0 radical (unpaired) electrons. The van der Waals surface area contributed by atoms with Crippen molar-refractivity contribution >= 4 is 11.8 Å². The first-order valence-electron chi connectivity index (χ1n) is 11.0. The van der Waals surface area contributed by atoms with E-state index in [-0.39, 0.29) is 0 Å². The third-order valence-electron chi connectivity index (χ3n) is 6.10. The van der Waals surface area contributed by atoms with Crippen LogP contribution < -0.4 is 4.74 Å². The summed E-state index contributed by atoms with van der Waals surface area (Å²) < 4.78 is 8.26. The van der Waals surface area contributed by atoms with E-state index in [1.807, 2.05) is 28.7 Å². The molecular weight excluding hydrogens is 382 g/mol. The van der Waals surface area contributed by atoms with Crippen LogP contribution in [0.3, 0.4) is 0 Å².